The van der Waals surface area contributed by atoms with Crippen molar-refractivity contribution in [1.29, 1.82) is 0 Å². The van der Waals surface area contributed by atoms with Gasteiger partial charge in [-0.15, -0.1) is 10.2 Å². The predicted octanol–water partition coefficient (Wildman–Crippen LogP) is 4.33. The van der Waals surface area contributed by atoms with Crippen LogP contribution in [-0.2, 0) is 6.54 Å². The lowest BCUT2D eigenvalue weighted by molar-refractivity contribution is 0.306. The van der Waals surface area contributed by atoms with E-state index in [2.05, 4.69) is 26.6 Å². The summed E-state index contributed by atoms with van der Waals surface area (Å²) in [5.41, 5.74) is 5.90. The Balaban J connectivity index is 0.00000274. The van der Waals surface area contributed by atoms with Crippen LogP contribution in [-0.4, -0.2) is 31.8 Å². The van der Waals surface area contributed by atoms with Gasteiger partial charge in [0.05, 0.1) is 17.6 Å². The Morgan fingerprint density at radius 2 is 1.97 bits per heavy atom. The highest BCUT2D eigenvalue weighted by atomic mass is 16.4. The monoisotopic (exact) mass is 444 g/mol. The lowest BCUT2D eigenvalue weighted by atomic mass is 9.92. The van der Waals surface area contributed by atoms with Gasteiger partial charge in [-0.05, 0) is 63.4 Å². The second kappa shape index (κ2) is 8.71. The topological polar surface area (TPSA) is 98.7 Å². The zero-order valence-electron chi connectivity index (χ0n) is 19.0. The zero-order valence-corrected chi connectivity index (χ0v) is 19.0. The van der Waals surface area contributed by atoms with Crippen LogP contribution < -0.4 is 10.9 Å². The van der Waals surface area contributed by atoms with Crippen LogP contribution in [0.1, 0.15) is 43.6 Å². The van der Waals surface area contributed by atoms with Crippen molar-refractivity contribution in [3.8, 4) is 34.3 Å². The molecule has 1 aliphatic carbocycles. The Labute approximate surface area is 193 Å². The van der Waals surface area contributed by atoms with Crippen molar-refractivity contribution in [3.05, 3.63) is 69.9 Å². The average Bonchev–Trinajstić information content (AvgIpc) is 3.24. The van der Waals surface area contributed by atoms with Crippen molar-refractivity contribution in [3.63, 3.8) is 0 Å². The van der Waals surface area contributed by atoms with E-state index >= 15 is 0 Å². The molecule has 0 bridgehead atoms. The Bertz CT molecular complexity index is 1380. The Kier molecular flexibility index (Phi) is 5.60. The van der Waals surface area contributed by atoms with Crippen LogP contribution in [0.15, 0.2) is 51.9 Å². The highest BCUT2D eigenvalue weighted by Gasteiger charge is 2.21. The van der Waals surface area contributed by atoms with Crippen LogP contribution in [0.25, 0.3) is 34.3 Å². The van der Waals surface area contributed by atoms with Crippen molar-refractivity contribution in [1.82, 2.24) is 30.0 Å². The molecule has 3 heterocycles. The van der Waals surface area contributed by atoms with Crippen molar-refractivity contribution in [2.75, 3.05) is 7.05 Å². The number of nitrogens with zero attached hydrogens (tertiary/aromatic N) is 5. The number of rotatable bonds is 6. The summed E-state index contributed by atoms with van der Waals surface area (Å²) in [6.45, 7) is 4.69. The maximum absolute atomic E-state index is 12.3. The van der Waals surface area contributed by atoms with Gasteiger partial charge in [-0.25, -0.2) is 4.98 Å². The van der Waals surface area contributed by atoms with Gasteiger partial charge in [0.2, 0.25) is 5.89 Å². The normalized spacial score (nSPS) is 13.8. The maximum atomic E-state index is 12.3. The first kappa shape index (κ1) is 21.2. The maximum Gasteiger partial charge on any atom is 0.268 e. The number of hydrogen-bond donors (Lipinski definition) is 1. The molecule has 0 radical (unpaired) electrons. The summed E-state index contributed by atoms with van der Waals surface area (Å²) in [5, 5.41) is 11.7. The molecule has 0 saturated heterocycles. The SMILES string of the molecule is CNCc1ccc(-c2nnc(-c3nc(-c4ccc(=O)n(C5CCC5)c4)cnc3C)o2)c(C)c1.[HH]. The molecule has 0 unspecified atom stereocenters. The zero-order chi connectivity index (χ0) is 22.9. The van der Waals surface area contributed by atoms with Gasteiger partial charge in [-0.2, -0.15) is 0 Å². The third-order valence-corrected chi connectivity index (χ3v) is 6.19. The summed E-state index contributed by atoms with van der Waals surface area (Å²) >= 11 is 0. The first-order valence-corrected chi connectivity index (χ1v) is 11.2. The third-order valence-electron chi connectivity index (χ3n) is 6.19. The number of aromatic nitrogens is 5. The first-order valence-electron chi connectivity index (χ1n) is 11.2. The molecule has 8 nitrogen and oxygen atoms in total. The molecule has 1 N–H and O–H groups in total. The second-order valence-corrected chi connectivity index (χ2v) is 8.53. The fraction of sp³-hybridized carbons (Fsp3) is 0.320. The van der Waals surface area contributed by atoms with Gasteiger partial charge >= 0.3 is 0 Å². The summed E-state index contributed by atoms with van der Waals surface area (Å²) < 4.78 is 7.83. The summed E-state index contributed by atoms with van der Waals surface area (Å²) in [5.74, 6) is 0.770. The fourth-order valence-corrected chi connectivity index (χ4v) is 4.10. The largest absolute Gasteiger partial charge is 0.415 e. The quantitative estimate of drug-likeness (QED) is 0.472. The van der Waals surface area contributed by atoms with Gasteiger partial charge in [0, 0.05) is 37.4 Å². The van der Waals surface area contributed by atoms with E-state index in [1.54, 1.807) is 18.3 Å². The molecule has 1 aliphatic rings. The summed E-state index contributed by atoms with van der Waals surface area (Å²) in [6, 6.07) is 9.81. The van der Waals surface area contributed by atoms with Gasteiger partial charge in [-0.1, -0.05) is 12.1 Å². The molecule has 0 amide bonds. The molecule has 170 valence electrons. The molecule has 0 spiro atoms. The van der Waals surface area contributed by atoms with E-state index in [4.69, 9.17) is 9.40 Å². The molecular formula is C25H28N6O2. The van der Waals surface area contributed by atoms with E-state index in [0.717, 1.165) is 42.5 Å². The molecule has 0 aliphatic heterocycles. The minimum Gasteiger partial charge on any atom is -0.415 e. The van der Waals surface area contributed by atoms with Crippen LogP contribution in [0.2, 0.25) is 0 Å². The van der Waals surface area contributed by atoms with Crippen molar-refractivity contribution >= 4 is 0 Å². The van der Waals surface area contributed by atoms with Crippen LogP contribution in [0, 0.1) is 13.8 Å². The van der Waals surface area contributed by atoms with E-state index in [1.807, 2.05) is 43.8 Å². The summed E-state index contributed by atoms with van der Waals surface area (Å²) in [4.78, 5) is 21.6. The minimum absolute atomic E-state index is 0. The highest BCUT2D eigenvalue weighted by molar-refractivity contribution is 5.64. The number of pyridine rings is 1. The predicted molar refractivity (Wildman–Crippen MR) is 128 cm³/mol. The number of benzene rings is 1. The Morgan fingerprint density at radius 3 is 2.70 bits per heavy atom. The molecule has 5 rings (SSSR count). The van der Waals surface area contributed by atoms with Crippen molar-refractivity contribution in [2.45, 2.75) is 45.7 Å². The Morgan fingerprint density at radius 1 is 1.15 bits per heavy atom. The summed E-state index contributed by atoms with van der Waals surface area (Å²) in [7, 11) is 1.92. The molecular weight excluding hydrogens is 416 g/mol. The first-order chi connectivity index (χ1) is 16.0. The van der Waals surface area contributed by atoms with E-state index in [0.29, 0.717) is 28.9 Å². The molecule has 1 saturated carbocycles. The smallest absolute Gasteiger partial charge is 0.268 e. The van der Waals surface area contributed by atoms with E-state index in [1.165, 1.54) is 5.56 Å². The van der Waals surface area contributed by atoms with Gasteiger partial charge < -0.3 is 14.3 Å². The summed E-state index contributed by atoms with van der Waals surface area (Å²) in [6.07, 6.45) is 6.83. The van der Waals surface area contributed by atoms with Crippen LogP contribution in [0.5, 0.6) is 0 Å². The van der Waals surface area contributed by atoms with Crippen LogP contribution in [0.3, 0.4) is 0 Å². The Hall–Kier alpha value is -3.65. The lowest BCUT2D eigenvalue weighted by Crippen LogP contribution is -2.27. The second-order valence-electron chi connectivity index (χ2n) is 8.53. The van der Waals surface area contributed by atoms with E-state index in [9.17, 15) is 4.79 Å². The number of nitrogens with one attached hydrogen (secondary N) is 1. The molecule has 4 aromatic rings. The van der Waals surface area contributed by atoms with Crippen LogP contribution in [0.4, 0.5) is 0 Å². The van der Waals surface area contributed by atoms with E-state index < -0.39 is 0 Å². The standard InChI is InChI=1S/C25H26N6O2.H2/c1-15-11-17(12-26-3)7-9-20(15)24-29-30-25(33-24)23-16(2)27-13-21(28-23)18-8-10-22(32)31(14-18)19-5-4-6-19;/h7-11,13-14,19,26H,4-6,12H2,1-3H3;1H. The van der Waals surface area contributed by atoms with Gasteiger partial charge in [0.1, 0.15) is 5.69 Å². The molecule has 33 heavy (non-hydrogen) atoms. The molecule has 3 aromatic heterocycles. The average molecular weight is 445 g/mol. The molecule has 1 fully saturated rings. The highest BCUT2D eigenvalue weighted by Crippen LogP contribution is 2.32. The molecule has 1 aromatic carbocycles. The van der Waals surface area contributed by atoms with E-state index in [-0.39, 0.29) is 13.0 Å². The minimum atomic E-state index is 0. The lowest BCUT2D eigenvalue weighted by Gasteiger charge is -2.27. The molecule has 0 atom stereocenters. The number of hydrogen-bond acceptors (Lipinski definition) is 7. The van der Waals surface area contributed by atoms with Crippen molar-refractivity contribution < 1.29 is 5.84 Å². The molecule has 8 heteroatoms. The van der Waals surface area contributed by atoms with Gasteiger partial charge in [-0.3, -0.25) is 9.78 Å². The fourth-order valence-electron chi connectivity index (χ4n) is 4.10. The van der Waals surface area contributed by atoms with Crippen molar-refractivity contribution in [2.24, 2.45) is 0 Å². The number of aryl methyl sites for hydroxylation is 2. The third kappa shape index (κ3) is 4.09. The van der Waals surface area contributed by atoms with Crippen LogP contribution >= 0.6 is 0 Å². The van der Waals surface area contributed by atoms with Gasteiger partial charge in [0.15, 0.2) is 0 Å². The van der Waals surface area contributed by atoms with Gasteiger partial charge in [0.25, 0.3) is 11.4 Å².